The van der Waals surface area contributed by atoms with E-state index in [0.717, 1.165) is 10.0 Å². The van der Waals surface area contributed by atoms with Crippen molar-refractivity contribution in [1.82, 2.24) is 0 Å². The predicted octanol–water partition coefficient (Wildman–Crippen LogP) is 4.67. The number of carbonyl (C=O) groups excluding carboxylic acids is 1. The molecular formula is C17H13BrO2. The normalized spacial score (nSPS) is 11.7. The van der Waals surface area contributed by atoms with Crippen molar-refractivity contribution in [1.29, 1.82) is 0 Å². The van der Waals surface area contributed by atoms with Gasteiger partial charge in [0.15, 0.2) is 0 Å². The van der Waals surface area contributed by atoms with E-state index in [-0.39, 0.29) is 5.97 Å². The van der Waals surface area contributed by atoms with E-state index in [1.165, 1.54) is 28.3 Å². The van der Waals surface area contributed by atoms with Gasteiger partial charge in [-0.1, -0.05) is 34.1 Å². The summed E-state index contributed by atoms with van der Waals surface area (Å²) in [5.74, 6) is -0.307. The molecule has 3 rings (SSSR count). The van der Waals surface area contributed by atoms with Crippen LogP contribution < -0.4 is 0 Å². The van der Waals surface area contributed by atoms with Crippen molar-refractivity contribution in [3.05, 3.63) is 52.5 Å². The van der Waals surface area contributed by atoms with Crippen molar-refractivity contribution in [2.24, 2.45) is 0 Å². The van der Waals surface area contributed by atoms with Crippen LogP contribution in [0.25, 0.3) is 28.3 Å². The van der Waals surface area contributed by atoms with Crippen molar-refractivity contribution in [2.75, 3.05) is 6.61 Å². The van der Waals surface area contributed by atoms with Gasteiger partial charge in [-0.25, -0.2) is 4.79 Å². The number of fused-ring (bicyclic) bond motifs is 4. The fourth-order valence-electron chi connectivity index (χ4n) is 2.39. The van der Waals surface area contributed by atoms with E-state index in [4.69, 9.17) is 4.74 Å². The van der Waals surface area contributed by atoms with Crippen LogP contribution in [0.3, 0.4) is 0 Å². The van der Waals surface area contributed by atoms with Gasteiger partial charge in [0.1, 0.15) is 0 Å². The third-order valence-corrected chi connectivity index (χ3v) is 3.80. The molecule has 20 heavy (non-hydrogen) atoms. The maximum absolute atomic E-state index is 11.3. The van der Waals surface area contributed by atoms with Crippen LogP contribution in [-0.2, 0) is 9.53 Å². The molecule has 0 radical (unpaired) electrons. The Labute approximate surface area is 126 Å². The third kappa shape index (κ3) is 2.29. The van der Waals surface area contributed by atoms with Gasteiger partial charge in [0.2, 0.25) is 0 Å². The number of halogens is 1. The summed E-state index contributed by atoms with van der Waals surface area (Å²) < 4.78 is 5.95. The molecular weight excluding hydrogens is 316 g/mol. The lowest BCUT2D eigenvalue weighted by molar-refractivity contribution is -0.137. The van der Waals surface area contributed by atoms with E-state index in [9.17, 15) is 4.79 Å². The molecule has 0 fully saturated rings. The average Bonchev–Trinajstić information content (AvgIpc) is 2.44. The summed E-state index contributed by atoms with van der Waals surface area (Å²) in [4.78, 5) is 11.3. The molecule has 0 saturated heterocycles. The van der Waals surface area contributed by atoms with Crippen molar-refractivity contribution < 1.29 is 9.53 Å². The molecule has 0 spiro atoms. The zero-order chi connectivity index (χ0) is 14.1. The summed E-state index contributed by atoms with van der Waals surface area (Å²) in [5.41, 5.74) is 6.03. The Morgan fingerprint density at radius 1 is 1.10 bits per heavy atom. The van der Waals surface area contributed by atoms with Crippen molar-refractivity contribution in [2.45, 2.75) is 6.92 Å². The zero-order valence-electron chi connectivity index (χ0n) is 11.0. The molecule has 100 valence electrons. The number of rotatable bonds is 3. The summed E-state index contributed by atoms with van der Waals surface area (Å²) >= 11 is 3.49. The summed E-state index contributed by atoms with van der Waals surface area (Å²) in [7, 11) is 0. The predicted molar refractivity (Wildman–Crippen MR) is 84.2 cm³/mol. The number of carbonyl (C=O) groups is 1. The van der Waals surface area contributed by atoms with Gasteiger partial charge in [-0.15, -0.1) is 0 Å². The second-order valence-electron chi connectivity index (χ2n) is 4.58. The fraction of sp³-hybridized carbons (Fsp3) is 0.118. The van der Waals surface area contributed by atoms with E-state index in [1.807, 2.05) is 6.07 Å². The highest BCUT2D eigenvalue weighted by Crippen LogP contribution is 2.48. The highest BCUT2D eigenvalue weighted by Gasteiger charge is 2.21. The van der Waals surface area contributed by atoms with Crippen LogP contribution in [0.4, 0.5) is 0 Å². The minimum Gasteiger partial charge on any atom is -0.463 e. The van der Waals surface area contributed by atoms with Gasteiger partial charge in [0.25, 0.3) is 0 Å². The molecule has 0 unspecified atom stereocenters. The van der Waals surface area contributed by atoms with Crippen LogP contribution >= 0.6 is 15.9 Å². The first-order chi connectivity index (χ1) is 9.69. The fourth-order valence-corrected chi connectivity index (χ4v) is 2.75. The lowest BCUT2D eigenvalue weighted by atomic mass is 9.80. The summed E-state index contributed by atoms with van der Waals surface area (Å²) in [6.45, 7) is 2.19. The van der Waals surface area contributed by atoms with E-state index < -0.39 is 0 Å². The average molecular weight is 329 g/mol. The quantitative estimate of drug-likeness (QED) is 0.515. The molecule has 0 heterocycles. The van der Waals surface area contributed by atoms with E-state index in [1.54, 1.807) is 13.0 Å². The SMILES string of the molecule is CCOC(=O)/C=C/c1ccc2c(c1)-c1cc(Br)ccc1-2. The van der Waals surface area contributed by atoms with E-state index in [0.29, 0.717) is 6.61 Å². The van der Waals surface area contributed by atoms with Gasteiger partial charge >= 0.3 is 5.97 Å². The second kappa shape index (κ2) is 5.25. The zero-order valence-corrected chi connectivity index (χ0v) is 12.6. The van der Waals surface area contributed by atoms with Crippen LogP contribution in [0.1, 0.15) is 12.5 Å². The molecule has 0 saturated carbocycles. The molecule has 2 nitrogen and oxygen atoms in total. The molecule has 2 aromatic carbocycles. The first-order valence-corrected chi connectivity index (χ1v) is 7.27. The monoisotopic (exact) mass is 328 g/mol. The molecule has 0 bridgehead atoms. The molecule has 0 amide bonds. The molecule has 0 atom stereocenters. The number of hydrogen-bond acceptors (Lipinski definition) is 2. The molecule has 0 aliphatic heterocycles. The number of hydrogen-bond donors (Lipinski definition) is 0. The Kier molecular flexibility index (Phi) is 3.45. The Balaban J connectivity index is 1.87. The molecule has 3 heteroatoms. The van der Waals surface area contributed by atoms with Gasteiger partial charge in [-0.2, -0.15) is 0 Å². The minimum atomic E-state index is -0.307. The third-order valence-electron chi connectivity index (χ3n) is 3.30. The van der Waals surface area contributed by atoms with Gasteiger partial charge in [-0.05, 0) is 59.0 Å². The van der Waals surface area contributed by atoms with Crippen LogP contribution in [0.5, 0.6) is 0 Å². The highest BCUT2D eigenvalue weighted by molar-refractivity contribution is 9.10. The summed E-state index contributed by atoms with van der Waals surface area (Å²) in [5, 5.41) is 0. The molecule has 1 aliphatic rings. The van der Waals surface area contributed by atoms with Crippen molar-refractivity contribution in [3.8, 4) is 22.3 Å². The summed E-state index contributed by atoms with van der Waals surface area (Å²) in [6.07, 6.45) is 3.25. The topological polar surface area (TPSA) is 26.3 Å². The minimum absolute atomic E-state index is 0.307. The van der Waals surface area contributed by atoms with E-state index in [2.05, 4.69) is 46.3 Å². The van der Waals surface area contributed by atoms with Crippen LogP contribution in [0, 0.1) is 0 Å². The Hall–Kier alpha value is -1.87. The van der Waals surface area contributed by atoms with E-state index >= 15 is 0 Å². The Morgan fingerprint density at radius 2 is 1.80 bits per heavy atom. The second-order valence-corrected chi connectivity index (χ2v) is 5.50. The number of benzene rings is 2. The maximum Gasteiger partial charge on any atom is 0.330 e. The lowest BCUT2D eigenvalue weighted by Gasteiger charge is -2.24. The number of ether oxygens (including phenoxy) is 1. The highest BCUT2D eigenvalue weighted by atomic mass is 79.9. The summed E-state index contributed by atoms with van der Waals surface area (Å²) in [6, 6.07) is 12.5. The molecule has 0 aromatic heterocycles. The van der Waals surface area contributed by atoms with Crippen LogP contribution in [0.15, 0.2) is 46.9 Å². The van der Waals surface area contributed by atoms with Crippen LogP contribution in [-0.4, -0.2) is 12.6 Å². The van der Waals surface area contributed by atoms with Crippen molar-refractivity contribution in [3.63, 3.8) is 0 Å². The lowest BCUT2D eigenvalue weighted by Crippen LogP contribution is -2.00. The standard InChI is InChI=1S/C17H13BrO2/c1-2-20-17(19)8-4-11-3-6-13-14-7-5-12(18)10-16(14)15(13)9-11/h3-10H,2H2,1H3/b8-4+. The van der Waals surface area contributed by atoms with Gasteiger partial charge in [0.05, 0.1) is 6.61 Å². The largest absolute Gasteiger partial charge is 0.463 e. The maximum atomic E-state index is 11.3. The molecule has 2 aromatic rings. The van der Waals surface area contributed by atoms with Crippen molar-refractivity contribution >= 4 is 28.0 Å². The Morgan fingerprint density at radius 3 is 2.55 bits per heavy atom. The molecule has 1 aliphatic carbocycles. The van der Waals surface area contributed by atoms with Gasteiger partial charge in [0, 0.05) is 10.5 Å². The first kappa shape index (κ1) is 13.1. The Bertz CT molecular complexity index is 717. The van der Waals surface area contributed by atoms with Gasteiger partial charge < -0.3 is 4.74 Å². The molecule has 0 N–H and O–H groups in total. The van der Waals surface area contributed by atoms with Gasteiger partial charge in [-0.3, -0.25) is 0 Å². The number of esters is 1. The van der Waals surface area contributed by atoms with Crippen LogP contribution in [0.2, 0.25) is 0 Å². The smallest absolute Gasteiger partial charge is 0.330 e. The first-order valence-electron chi connectivity index (χ1n) is 6.48.